The number of rotatable bonds is 4. The van der Waals surface area contributed by atoms with Gasteiger partial charge in [-0.05, 0) is 24.1 Å². The molecule has 2 aromatic carbocycles. The first kappa shape index (κ1) is 17.8. The van der Waals surface area contributed by atoms with Crippen molar-refractivity contribution in [2.24, 2.45) is 7.05 Å². The van der Waals surface area contributed by atoms with Gasteiger partial charge in [-0.25, -0.2) is 4.39 Å². The third-order valence-electron chi connectivity index (χ3n) is 5.07. The minimum atomic E-state index is -0.182. The number of hydrogen-bond acceptors (Lipinski definition) is 4. The van der Waals surface area contributed by atoms with Crippen molar-refractivity contribution in [2.75, 3.05) is 19.7 Å². The van der Waals surface area contributed by atoms with Crippen LogP contribution in [0.3, 0.4) is 0 Å². The van der Waals surface area contributed by atoms with Gasteiger partial charge in [0.15, 0.2) is 5.82 Å². The van der Waals surface area contributed by atoms with Gasteiger partial charge in [0, 0.05) is 25.7 Å². The molecular formula is C21H23FN4O. The van der Waals surface area contributed by atoms with E-state index in [4.69, 9.17) is 4.74 Å². The second kappa shape index (κ2) is 7.58. The molecule has 0 amide bonds. The third-order valence-corrected chi connectivity index (χ3v) is 5.07. The minimum Gasteiger partial charge on any atom is -0.371 e. The first-order valence-corrected chi connectivity index (χ1v) is 9.15. The molecular weight excluding hydrogens is 343 g/mol. The molecule has 1 atom stereocenters. The van der Waals surface area contributed by atoms with Crippen LogP contribution in [0.5, 0.6) is 0 Å². The maximum absolute atomic E-state index is 13.5. The van der Waals surface area contributed by atoms with Gasteiger partial charge >= 0.3 is 0 Å². The van der Waals surface area contributed by atoms with Crippen LogP contribution in [0, 0.1) is 12.7 Å². The molecule has 0 aliphatic carbocycles. The maximum atomic E-state index is 13.5. The van der Waals surface area contributed by atoms with Gasteiger partial charge in [0.2, 0.25) is 0 Å². The lowest BCUT2D eigenvalue weighted by atomic mass is 10.0. The summed E-state index contributed by atoms with van der Waals surface area (Å²) in [6.45, 7) is 4.72. The van der Waals surface area contributed by atoms with Crippen LogP contribution in [0.4, 0.5) is 4.39 Å². The van der Waals surface area contributed by atoms with E-state index in [0.29, 0.717) is 18.7 Å². The Morgan fingerprint density at radius 1 is 1.15 bits per heavy atom. The minimum absolute atomic E-state index is 0.0557. The van der Waals surface area contributed by atoms with Gasteiger partial charge < -0.3 is 9.30 Å². The number of halogens is 1. The number of nitrogens with zero attached hydrogens (tertiary/aromatic N) is 4. The van der Waals surface area contributed by atoms with Crippen molar-refractivity contribution in [2.45, 2.75) is 19.6 Å². The van der Waals surface area contributed by atoms with Crippen LogP contribution < -0.4 is 0 Å². The van der Waals surface area contributed by atoms with Crippen LogP contribution in [-0.2, 0) is 18.3 Å². The smallest absolute Gasteiger partial charge is 0.163 e. The van der Waals surface area contributed by atoms with E-state index in [1.807, 2.05) is 54.1 Å². The highest BCUT2D eigenvalue weighted by molar-refractivity contribution is 5.54. The molecule has 5 nitrogen and oxygen atoms in total. The van der Waals surface area contributed by atoms with E-state index in [1.54, 1.807) is 6.92 Å². The largest absolute Gasteiger partial charge is 0.371 e. The fraction of sp³-hybridized carbons (Fsp3) is 0.333. The molecule has 0 N–H and O–H groups in total. The summed E-state index contributed by atoms with van der Waals surface area (Å²) in [5.74, 6) is 1.60. The monoisotopic (exact) mass is 366 g/mol. The Bertz CT molecular complexity index is 925. The van der Waals surface area contributed by atoms with Crippen molar-refractivity contribution in [1.29, 1.82) is 0 Å². The predicted octanol–water partition coefficient (Wildman–Crippen LogP) is 3.50. The van der Waals surface area contributed by atoms with Gasteiger partial charge in [-0.1, -0.05) is 42.5 Å². The zero-order valence-electron chi connectivity index (χ0n) is 15.6. The van der Waals surface area contributed by atoms with Gasteiger partial charge in [-0.15, -0.1) is 10.2 Å². The lowest BCUT2D eigenvalue weighted by Crippen LogP contribution is -2.38. The van der Waals surface area contributed by atoms with Crippen molar-refractivity contribution in [3.8, 4) is 11.4 Å². The van der Waals surface area contributed by atoms with Crippen molar-refractivity contribution >= 4 is 0 Å². The average molecular weight is 366 g/mol. The zero-order chi connectivity index (χ0) is 18.8. The molecule has 3 aromatic rings. The fourth-order valence-electron chi connectivity index (χ4n) is 3.45. The van der Waals surface area contributed by atoms with Crippen LogP contribution in [0.15, 0.2) is 48.5 Å². The van der Waals surface area contributed by atoms with Crippen molar-refractivity contribution in [1.82, 2.24) is 19.7 Å². The third kappa shape index (κ3) is 3.77. The summed E-state index contributed by atoms with van der Waals surface area (Å²) in [7, 11) is 2.00. The number of ether oxygens (including phenoxy) is 1. The first-order chi connectivity index (χ1) is 13.1. The Hall–Kier alpha value is -2.57. The van der Waals surface area contributed by atoms with E-state index in [-0.39, 0.29) is 11.9 Å². The number of aryl methyl sites for hydroxylation is 1. The Kier molecular flexibility index (Phi) is 5.01. The predicted molar refractivity (Wildman–Crippen MR) is 102 cm³/mol. The molecule has 140 valence electrons. The second-order valence-electron chi connectivity index (χ2n) is 6.97. The maximum Gasteiger partial charge on any atom is 0.163 e. The van der Waals surface area contributed by atoms with Gasteiger partial charge in [0.1, 0.15) is 11.6 Å². The summed E-state index contributed by atoms with van der Waals surface area (Å²) in [5.41, 5.74) is 2.72. The summed E-state index contributed by atoms with van der Waals surface area (Å²) >= 11 is 0. The van der Waals surface area contributed by atoms with Crippen LogP contribution in [-0.4, -0.2) is 39.4 Å². The quantitative estimate of drug-likeness (QED) is 0.709. The second-order valence-corrected chi connectivity index (χ2v) is 6.97. The summed E-state index contributed by atoms with van der Waals surface area (Å²) in [6.07, 6.45) is -0.0557. The summed E-state index contributed by atoms with van der Waals surface area (Å²) in [6, 6.07) is 15.3. The highest BCUT2D eigenvalue weighted by Crippen LogP contribution is 2.25. The number of benzene rings is 2. The molecule has 0 unspecified atom stereocenters. The van der Waals surface area contributed by atoms with Gasteiger partial charge in [-0.2, -0.15) is 0 Å². The van der Waals surface area contributed by atoms with Gasteiger partial charge in [0.05, 0.1) is 19.3 Å². The number of morpholine rings is 1. The molecule has 0 spiro atoms. The molecule has 1 aliphatic rings. The van der Waals surface area contributed by atoms with Crippen LogP contribution in [0.1, 0.15) is 23.1 Å². The SMILES string of the molecule is Cc1cc([C@@H]2CN(Cc3nnc(-c4ccccc4)n3C)CCO2)ccc1F. The number of aromatic nitrogens is 3. The molecule has 4 rings (SSSR count). The average Bonchev–Trinajstić information content (AvgIpc) is 3.05. The van der Waals surface area contributed by atoms with Crippen LogP contribution >= 0.6 is 0 Å². The van der Waals surface area contributed by atoms with Crippen LogP contribution in [0.25, 0.3) is 11.4 Å². The van der Waals surface area contributed by atoms with Crippen molar-refractivity contribution in [3.63, 3.8) is 0 Å². The molecule has 2 heterocycles. The molecule has 6 heteroatoms. The molecule has 27 heavy (non-hydrogen) atoms. The normalized spacial score (nSPS) is 18.0. The summed E-state index contributed by atoms with van der Waals surface area (Å²) in [5, 5.41) is 8.75. The highest BCUT2D eigenvalue weighted by Gasteiger charge is 2.24. The van der Waals surface area contributed by atoms with E-state index in [2.05, 4.69) is 15.1 Å². The Morgan fingerprint density at radius 3 is 2.74 bits per heavy atom. The van der Waals surface area contributed by atoms with Crippen molar-refractivity contribution in [3.05, 3.63) is 71.3 Å². The molecule has 1 aliphatic heterocycles. The van der Waals surface area contributed by atoms with Crippen molar-refractivity contribution < 1.29 is 9.13 Å². The Balaban J connectivity index is 1.48. The molecule has 1 saturated heterocycles. The van der Waals surface area contributed by atoms with Gasteiger partial charge in [-0.3, -0.25) is 4.90 Å². The lowest BCUT2D eigenvalue weighted by Gasteiger charge is -2.33. The lowest BCUT2D eigenvalue weighted by molar-refractivity contribution is -0.0339. The zero-order valence-corrected chi connectivity index (χ0v) is 15.6. The molecule has 0 bridgehead atoms. The standard InChI is InChI=1S/C21H23FN4O/c1-15-12-17(8-9-18(15)22)19-13-26(10-11-27-19)14-20-23-24-21(25(20)2)16-6-4-3-5-7-16/h3-9,12,19H,10-11,13-14H2,1-2H3/t19-/m0/s1. The van der Waals surface area contributed by atoms with E-state index in [1.165, 1.54) is 6.07 Å². The van der Waals surface area contributed by atoms with Gasteiger partial charge in [0.25, 0.3) is 0 Å². The van der Waals surface area contributed by atoms with E-state index >= 15 is 0 Å². The highest BCUT2D eigenvalue weighted by atomic mass is 19.1. The summed E-state index contributed by atoms with van der Waals surface area (Å²) < 4.78 is 21.5. The molecule has 1 aromatic heterocycles. The van der Waals surface area contributed by atoms with Crippen LogP contribution in [0.2, 0.25) is 0 Å². The molecule has 1 fully saturated rings. The topological polar surface area (TPSA) is 43.2 Å². The fourth-order valence-corrected chi connectivity index (χ4v) is 3.45. The Morgan fingerprint density at radius 2 is 1.96 bits per heavy atom. The van der Waals surface area contributed by atoms with E-state index < -0.39 is 0 Å². The summed E-state index contributed by atoms with van der Waals surface area (Å²) in [4.78, 5) is 2.31. The molecule has 0 radical (unpaired) electrons. The van der Waals surface area contributed by atoms with E-state index in [9.17, 15) is 4.39 Å². The first-order valence-electron chi connectivity index (χ1n) is 9.15. The number of hydrogen-bond donors (Lipinski definition) is 0. The van der Waals surface area contributed by atoms with E-state index in [0.717, 1.165) is 35.9 Å². The molecule has 0 saturated carbocycles. The Labute approximate surface area is 158 Å².